The number of carbonyl (C=O) groups is 2. The van der Waals surface area contributed by atoms with Crippen LogP contribution in [-0.2, 0) is 0 Å². The number of pyridine rings is 1. The maximum absolute atomic E-state index is 14.1. The summed E-state index contributed by atoms with van der Waals surface area (Å²) < 4.78 is 14.1. The number of carbonyl (C=O) groups excluding carboxylic acids is 2. The van der Waals surface area contributed by atoms with Crippen molar-refractivity contribution < 1.29 is 14.0 Å². The molecule has 0 unspecified atom stereocenters. The lowest BCUT2D eigenvalue weighted by atomic mass is 10.1. The molecule has 3 heterocycles. The van der Waals surface area contributed by atoms with E-state index < -0.39 is 0 Å². The number of piperazine rings is 1. The van der Waals surface area contributed by atoms with E-state index in [1.807, 2.05) is 23.1 Å². The van der Waals surface area contributed by atoms with E-state index in [4.69, 9.17) is 0 Å². The lowest BCUT2D eigenvalue weighted by molar-refractivity contribution is 0.0746. The maximum Gasteiger partial charge on any atom is 0.326 e. The molecule has 2 aliphatic heterocycles. The smallest absolute Gasteiger partial charge is 0.326 e. The third-order valence-electron chi connectivity index (χ3n) is 5.96. The van der Waals surface area contributed by atoms with Gasteiger partial charge in [0, 0.05) is 55.9 Å². The van der Waals surface area contributed by atoms with Crippen LogP contribution in [0.5, 0.6) is 0 Å². The average molecular weight is 478 g/mol. The first kappa shape index (κ1) is 22.2. The van der Waals surface area contributed by atoms with E-state index in [0.29, 0.717) is 49.7 Å². The van der Waals surface area contributed by atoms with Crippen LogP contribution in [0.25, 0.3) is 0 Å². The Hall–Kier alpha value is -3.59. The van der Waals surface area contributed by atoms with Gasteiger partial charge in [-0.3, -0.25) is 9.69 Å². The van der Waals surface area contributed by atoms with Gasteiger partial charge in [0.2, 0.25) is 0 Å². The van der Waals surface area contributed by atoms with Crippen molar-refractivity contribution in [1.82, 2.24) is 9.88 Å². The molecule has 1 N–H and O–H groups in total. The van der Waals surface area contributed by atoms with Crippen LogP contribution in [0.1, 0.15) is 10.4 Å². The van der Waals surface area contributed by atoms with Crippen molar-refractivity contribution in [2.75, 3.05) is 53.6 Å². The predicted molar refractivity (Wildman–Crippen MR) is 132 cm³/mol. The molecule has 174 valence electrons. The number of nitrogens with one attached hydrogen (secondary N) is 1. The second-order valence-corrected chi connectivity index (χ2v) is 9.15. The van der Waals surface area contributed by atoms with Crippen LogP contribution in [0.15, 0.2) is 71.9 Å². The number of hydrogen-bond acceptors (Lipinski definition) is 5. The van der Waals surface area contributed by atoms with Gasteiger partial charge in [-0.2, -0.15) is 0 Å². The van der Waals surface area contributed by atoms with E-state index in [2.05, 4.69) is 10.3 Å². The summed E-state index contributed by atoms with van der Waals surface area (Å²) in [5.41, 5.74) is 2.42. The molecular weight excluding hydrogens is 453 g/mol. The van der Waals surface area contributed by atoms with Gasteiger partial charge in [-0.1, -0.05) is 18.2 Å². The minimum Gasteiger partial charge on any atom is -0.366 e. The number of urea groups is 1. The van der Waals surface area contributed by atoms with E-state index in [-0.39, 0.29) is 17.8 Å². The van der Waals surface area contributed by atoms with Crippen molar-refractivity contribution in [3.63, 3.8) is 0 Å². The Morgan fingerprint density at radius 3 is 2.53 bits per heavy atom. The fourth-order valence-electron chi connectivity index (χ4n) is 4.23. The second-order valence-electron chi connectivity index (χ2n) is 8.07. The van der Waals surface area contributed by atoms with Gasteiger partial charge >= 0.3 is 6.03 Å². The topological polar surface area (TPSA) is 68.8 Å². The summed E-state index contributed by atoms with van der Waals surface area (Å²) in [6.07, 6.45) is 1.72. The third-order valence-corrected chi connectivity index (χ3v) is 6.94. The molecule has 1 aromatic heterocycles. The van der Waals surface area contributed by atoms with E-state index in [0.717, 1.165) is 16.5 Å². The Bertz CT molecular complexity index is 1220. The molecule has 3 aromatic rings. The van der Waals surface area contributed by atoms with Gasteiger partial charge in [0.1, 0.15) is 10.8 Å². The van der Waals surface area contributed by atoms with Crippen LogP contribution < -0.4 is 15.1 Å². The molecule has 7 nitrogen and oxygen atoms in total. The molecule has 5 rings (SSSR count). The third kappa shape index (κ3) is 4.56. The Balaban J connectivity index is 1.24. The highest BCUT2D eigenvalue weighted by Gasteiger charge is 2.25. The quantitative estimate of drug-likeness (QED) is 0.608. The number of thioether (sulfide) groups is 1. The Kier molecular flexibility index (Phi) is 6.35. The van der Waals surface area contributed by atoms with E-state index in [9.17, 15) is 14.0 Å². The highest BCUT2D eigenvalue weighted by Crippen LogP contribution is 2.32. The van der Waals surface area contributed by atoms with Gasteiger partial charge < -0.3 is 15.1 Å². The van der Waals surface area contributed by atoms with Gasteiger partial charge in [-0.15, -0.1) is 11.8 Å². The standard InChI is InChI=1S/C25H24FN5O2S/c26-20-7-1-2-8-21(20)29-11-13-30(14-12-29)24(32)18-5-3-6-19(17-18)28-25(33)31-15-16-34-23-22(31)9-4-10-27-23/h1-10,17H,11-16H2,(H,28,33). The van der Waals surface area contributed by atoms with Crippen molar-refractivity contribution in [3.8, 4) is 0 Å². The number of benzene rings is 2. The fraction of sp³-hybridized carbons (Fsp3) is 0.240. The molecule has 1 saturated heterocycles. The van der Waals surface area contributed by atoms with E-state index in [1.54, 1.807) is 64.2 Å². The molecule has 0 bridgehead atoms. The predicted octanol–water partition coefficient (Wildman–Crippen LogP) is 4.33. The molecule has 34 heavy (non-hydrogen) atoms. The zero-order chi connectivity index (χ0) is 23.5. The number of hydrogen-bond donors (Lipinski definition) is 1. The van der Waals surface area contributed by atoms with E-state index >= 15 is 0 Å². The van der Waals surface area contributed by atoms with Crippen molar-refractivity contribution in [3.05, 3.63) is 78.2 Å². The number of para-hydroxylation sites is 1. The molecule has 1 fully saturated rings. The maximum atomic E-state index is 14.1. The van der Waals surface area contributed by atoms with Crippen LogP contribution >= 0.6 is 11.8 Å². The summed E-state index contributed by atoms with van der Waals surface area (Å²) in [6, 6.07) is 17.1. The monoisotopic (exact) mass is 477 g/mol. The summed E-state index contributed by atoms with van der Waals surface area (Å²) in [5, 5.41) is 3.75. The average Bonchev–Trinajstić information content (AvgIpc) is 2.88. The van der Waals surface area contributed by atoms with Crippen molar-refractivity contribution in [2.24, 2.45) is 0 Å². The second kappa shape index (κ2) is 9.72. The Morgan fingerprint density at radius 1 is 0.912 bits per heavy atom. The van der Waals surface area contributed by atoms with Crippen LogP contribution in [0.2, 0.25) is 0 Å². The molecule has 2 aliphatic rings. The number of anilines is 3. The molecule has 9 heteroatoms. The summed E-state index contributed by atoms with van der Waals surface area (Å²) in [6.45, 7) is 2.70. The van der Waals surface area contributed by atoms with Crippen molar-refractivity contribution >= 4 is 40.8 Å². The zero-order valence-corrected chi connectivity index (χ0v) is 19.3. The number of nitrogens with zero attached hydrogens (tertiary/aromatic N) is 4. The Labute approximate surface area is 201 Å². The number of fused-ring (bicyclic) bond motifs is 1. The lowest BCUT2D eigenvalue weighted by Crippen LogP contribution is -2.49. The van der Waals surface area contributed by atoms with Crippen LogP contribution in [0.3, 0.4) is 0 Å². The van der Waals surface area contributed by atoms with Gasteiger partial charge in [-0.25, -0.2) is 14.2 Å². The molecule has 0 spiro atoms. The minimum absolute atomic E-state index is 0.104. The summed E-state index contributed by atoms with van der Waals surface area (Å²) >= 11 is 1.63. The largest absolute Gasteiger partial charge is 0.366 e. The summed E-state index contributed by atoms with van der Waals surface area (Å²) in [5.74, 6) is 0.416. The number of rotatable bonds is 3. The molecule has 0 atom stereocenters. The molecule has 3 amide bonds. The molecular formula is C25H24FN5O2S. The van der Waals surface area contributed by atoms with Crippen molar-refractivity contribution in [2.45, 2.75) is 5.03 Å². The highest BCUT2D eigenvalue weighted by molar-refractivity contribution is 7.99. The van der Waals surface area contributed by atoms with Crippen LogP contribution in [0.4, 0.5) is 26.2 Å². The molecule has 2 aromatic carbocycles. The van der Waals surface area contributed by atoms with Gasteiger partial charge in [0.25, 0.3) is 5.91 Å². The molecule has 0 radical (unpaired) electrons. The normalized spacial score (nSPS) is 15.6. The van der Waals surface area contributed by atoms with E-state index in [1.165, 1.54) is 6.07 Å². The lowest BCUT2D eigenvalue weighted by Gasteiger charge is -2.36. The number of halogens is 1. The SMILES string of the molecule is O=C(c1cccc(NC(=O)N2CCSc3ncccc32)c1)N1CCN(c2ccccc2F)CC1. The zero-order valence-electron chi connectivity index (χ0n) is 18.5. The number of amides is 3. The first-order chi connectivity index (χ1) is 16.6. The first-order valence-corrected chi connectivity index (χ1v) is 12.1. The molecule has 0 aliphatic carbocycles. The molecule has 0 saturated carbocycles. The van der Waals surface area contributed by atoms with Gasteiger partial charge in [0.05, 0.1) is 11.4 Å². The number of aromatic nitrogens is 1. The van der Waals surface area contributed by atoms with Gasteiger partial charge in [-0.05, 0) is 42.5 Å². The first-order valence-electron chi connectivity index (χ1n) is 11.2. The van der Waals surface area contributed by atoms with Gasteiger partial charge in [0.15, 0.2) is 0 Å². The van der Waals surface area contributed by atoms with Crippen molar-refractivity contribution in [1.29, 1.82) is 0 Å². The van der Waals surface area contributed by atoms with Crippen LogP contribution in [-0.4, -0.2) is 60.3 Å². The Morgan fingerprint density at radius 2 is 1.71 bits per heavy atom. The highest BCUT2D eigenvalue weighted by atomic mass is 32.2. The fourth-order valence-corrected chi connectivity index (χ4v) is 5.15. The summed E-state index contributed by atoms with van der Waals surface area (Å²) in [7, 11) is 0. The van der Waals surface area contributed by atoms with Crippen LogP contribution in [0, 0.1) is 5.82 Å². The minimum atomic E-state index is -0.253. The summed E-state index contributed by atoms with van der Waals surface area (Å²) in [4.78, 5) is 35.8.